The number of amides is 3. The van der Waals surface area contributed by atoms with Crippen LogP contribution in [0.2, 0.25) is 0 Å². The molecule has 3 amide bonds. The molecule has 0 bridgehead atoms. The molecular weight excluding hydrogens is 226 g/mol. The van der Waals surface area contributed by atoms with Gasteiger partial charge in [0, 0.05) is 25.6 Å². The lowest BCUT2D eigenvalue weighted by molar-refractivity contribution is -0.140. The molecule has 7 nitrogen and oxygen atoms in total. The van der Waals surface area contributed by atoms with E-state index in [1.54, 1.807) is 0 Å². The Bertz CT molecular complexity index is 319. The van der Waals surface area contributed by atoms with Crippen LogP contribution in [0.3, 0.4) is 0 Å². The largest absolute Gasteiger partial charge is 0.481 e. The van der Waals surface area contributed by atoms with Gasteiger partial charge in [0.25, 0.3) is 0 Å². The second-order valence-electron chi connectivity index (χ2n) is 4.13. The number of aliphatic carboxylic acids is 1. The van der Waals surface area contributed by atoms with Crippen molar-refractivity contribution in [1.29, 1.82) is 0 Å². The van der Waals surface area contributed by atoms with Crippen molar-refractivity contribution in [3.05, 3.63) is 0 Å². The number of carboxylic acids is 1. The number of urea groups is 1. The summed E-state index contributed by atoms with van der Waals surface area (Å²) in [5.41, 5.74) is 0. The molecule has 2 unspecified atom stereocenters. The Hall–Kier alpha value is -1.79. The average Bonchev–Trinajstić information content (AvgIpc) is 2.69. The van der Waals surface area contributed by atoms with Crippen LogP contribution < -0.4 is 16.0 Å². The summed E-state index contributed by atoms with van der Waals surface area (Å²) in [6, 6.07) is -0.440. The van der Waals surface area contributed by atoms with Gasteiger partial charge in [-0.25, -0.2) is 4.79 Å². The molecular formula is C10H17N3O4. The fraction of sp³-hybridized carbons (Fsp3) is 0.700. The molecule has 0 aromatic heterocycles. The molecule has 0 saturated carbocycles. The third-order valence-corrected chi connectivity index (χ3v) is 2.58. The van der Waals surface area contributed by atoms with Crippen LogP contribution in [0.4, 0.5) is 4.79 Å². The Labute approximate surface area is 98.9 Å². The fourth-order valence-electron chi connectivity index (χ4n) is 1.44. The third-order valence-electron chi connectivity index (χ3n) is 2.58. The summed E-state index contributed by atoms with van der Waals surface area (Å²) >= 11 is 0. The molecule has 0 aromatic rings. The SMILES string of the molecule is CC(CNC(=O)NCC1CCC(=O)N1)C(=O)O. The van der Waals surface area contributed by atoms with Gasteiger partial charge in [0.05, 0.1) is 5.92 Å². The Morgan fingerprint density at radius 3 is 2.76 bits per heavy atom. The lowest BCUT2D eigenvalue weighted by Crippen LogP contribution is -2.44. The minimum Gasteiger partial charge on any atom is -0.481 e. The van der Waals surface area contributed by atoms with Gasteiger partial charge in [-0.1, -0.05) is 6.92 Å². The van der Waals surface area contributed by atoms with Gasteiger partial charge in [0.2, 0.25) is 5.91 Å². The summed E-state index contributed by atoms with van der Waals surface area (Å²) in [6.07, 6.45) is 1.20. The molecule has 7 heteroatoms. The average molecular weight is 243 g/mol. The molecule has 1 fully saturated rings. The first-order valence-corrected chi connectivity index (χ1v) is 5.53. The molecule has 0 aliphatic carbocycles. The second kappa shape index (κ2) is 6.07. The highest BCUT2D eigenvalue weighted by Gasteiger charge is 2.21. The van der Waals surface area contributed by atoms with Crippen LogP contribution in [0, 0.1) is 5.92 Å². The zero-order chi connectivity index (χ0) is 12.8. The van der Waals surface area contributed by atoms with Crippen LogP contribution in [-0.4, -0.2) is 42.1 Å². The fourth-order valence-corrected chi connectivity index (χ4v) is 1.44. The number of carbonyl (C=O) groups is 3. The van der Waals surface area contributed by atoms with Crippen molar-refractivity contribution in [2.75, 3.05) is 13.1 Å². The number of nitrogens with one attached hydrogen (secondary N) is 3. The molecule has 0 radical (unpaired) electrons. The maximum atomic E-state index is 11.3. The zero-order valence-corrected chi connectivity index (χ0v) is 9.66. The number of rotatable bonds is 5. The predicted molar refractivity (Wildman–Crippen MR) is 59.4 cm³/mol. The minimum atomic E-state index is -0.951. The van der Waals surface area contributed by atoms with Crippen molar-refractivity contribution < 1.29 is 19.5 Å². The van der Waals surface area contributed by atoms with Gasteiger partial charge in [0.1, 0.15) is 0 Å². The first-order chi connectivity index (χ1) is 7.99. The Morgan fingerprint density at radius 2 is 2.24 bits per heavy atom. The smallest absolute Gasteiger partial charge is 0.314 e. The molecule has 1 saturated heterocycles. The molecule has 96 valence electrons. The summed E-state index contributed by atoms with van der Waals surface area (Å²) in [7, 11) is 0. The van der Waals surface area contributed by atoms with E-state index in [9.17, 15) is 14.4 Å². The van der Waals surface area contributed by atoms with E-state index in [1.165, 1.54) is 6.92 Å². The first kappa shape index (κ1) is 13.3. The highest BCUT2D eigenvalue weighted by molar-refractivity contribution is 5.79. The van der Waals surface area contributed by atoms with Gasteiger partial charge in [-0.3, -0.25) is 9.59 Å². The molecule has 1 aliphatic heterocycles. The van der Waals surface area contributed by atoms with Crippen LogP contribution in [0.25, 0.3) is 0 Å². The highest BCUT2D eigenvalue weighted by Crippen LogP contribution is 2.04. The van der Waals surface area contributed by atoms with Crippen LogP contribution >= 0.6 is 0 Å². The third kappa shape index (κ3) is 4.71. The highest BCUT2D eigenvalue weighted by atomic mass is 16.4. The standard InChI is InChI=1S/C10H17N3O4/c1-6(9(15)16)4-11-10(17)12-5-7-2-3-8(14)13-7/h6-7H,2-5H2,1H3,(H,13,14)(H,15,16)(H2,11,12,17). The van der Waals surface area contributed by atoms with Gasteiger partial charge >= 0.3 is 12.0 Å². The van der Waals surface area contributed by atoms with Crippen LogP contribution in [0.1, 0.15) is 19.8 Å². The van der Waals surface area contributed by atoms with Gasteiger partial charge < -0.3 is 21.1 Å². The summed E-state index contributed by atoms with van der Waals surface area (Å²) in [5, 5.41) is 16.4. The summed E-state index contributed by atoms with van der Waals surface area (Å²) in [4.78, 5) is 32.7. The minimum absolute atomic E-state index is 0.00305. The quantitative estimate of drug-likeness (QED) is 0.511. The van der Waals surface area contributed by atoms with Gasteiger partial charge in [-0.2, -0.15) is 0 Å². The van der Waals surface area contributed by atoms with Crippen molar-refractivity contribution in [1.82, 2.24) is 16.0 Å². The molecule has 1 heterocycles. The van der Waals surface area contributed by atoms with Crippen molar-refractivity contribution >= 4 is 17.9 Å². The van der Waals surface area contributed by atoms with Crippen LogP contribution in [-0.2, 0) is 9.59 Å². The normalized spacial score (nSPS) is 20.5. The molecule has 17 heavy (non-hydrogen) atoms. The van der Waals surface area contributed by atoms with E-state index >= 15 is 0 Å². The van der Waals surface area contributed by atoms with E-state index in [-0.39, 0.29) is 18.5 Å². The van der Waals surface area contributed by atoms with Crippen molar-refractivity contribution in [3.8, 4) is 0 Å². The maximum absolute atomic E-state index is 11.3. The van der Waals surface area contributed by atoms with Crippen molar-refractivity contribution in [2.45, 2.75) is 25.8 Å². The molecule has 1 rings (SSSR count). The Morgan fingerprint density at radius 1 is 1.53 bits per heavy atom. The molecule has 0 spiro atoms. The van der Waals surface area contributed by atoms with Crippen LogP contribution in [0.15, 0.2) is 0 Å². The topological polar surface area (TPSA) is 108 Å². The van der Waals surface area contributed by atoms with Gasteiger partial charge in [-0.15, -0.1) is 0 Å². The van der Waals surface area contributed by atoms with E-state index in [0.717, 1.165) is 0 Å². The number of carbonyl (C=O) groups excluding carboxylic acids is 2. The second-order valence-corrected chi connectivity index (χ2v) is 4.13. The molecule has 1 aliphatic rings. The maximum Gasteiger partial charge on any atom is 0.314 e. The zero-order valence-electron chi connectivity index (χ0n) is 9.66. The summed E-state index contributed by atoms with van der Waals surface area (Å²) in [5.74, 6) is -1.57. The summed E-state index contributed by atoms with van der Waals surface area (Å²) in [6.45, 7) is 1.96. The molecule has 4 N–H and O–H groups in total. The number of hydrogen-bond acceptors (Lipinski definition) is 3. The molecule has 2 atom stereocenters. The van der Waals surface area contributed by atoms with Gasteiger partial charge in [-0.05, 0) is 6.42 Å². The lowest BCUT2D eigenvalue weighted by Gasteiger charge is -2.13. The number of hydrogen-bond donors (Lipinski definition) is 4. The molecule has 0 aromatic carbocycles. The van der Waals surface area contributed by atoms with E-state index in [2.05, 4.69) is 16.0 Å². The van der Waals surface area contributed by atoms with Crippen molar-refractivity contribution in [2.24, 2.45) is 5.92 Å². The number of carboxylic acid groups (broad SMARTS) is 1. The Kier molecular flexibility index (Phi) is 4.74. The van der Waals surface area contributed by atoms with Crippen LogP contribution in [0.5, 0.6) is 0 Å². The van der Waals surface area contributed by atoms with E-state index in [1.807, 2.05) is 0 Å². The monoisotopic (exact) mass is 243 g/mol. The van der Waals surface area contributed by atoms with E-state index < -0.39 is 17.9 Å². The van der Waals surface area contributed by atoms with Gasteiger partial charge in [0.15, 0.2) is 0 Å². The van der Waals surface area contributed by atoms with E-state index in [4.69, 9.17) is 5.11 Å². The predicted octanol–water partition coefficient (Wildman–Crippen LogP) is -0.715. The lowest BCUT2D eigenvalue weighted by atomic mass is 10.2. The first-order valence-electron chi connectivity index (χ1n) is 5.53. The van der Waals surface area contributed by atoms with E-state index in [0.29, 0.717) is 19.4 Å². The Balaban J connectivity index is 2.13. The summed E-state index contributed by atoms with van der Waals surface area (Å²) < 4.78 is 0. The van der Waals surface area contributed by atoms with Crippen molar-refractivity contribution in [3.63, 3.8) is 0 Å².